The standard InChI is InChI=1S/C14H9BrF2O2/c15-10-5-6-11(14(18)19)12(7-10)8-1-3-9(4-2-8)13(16)17/h1-7,13H,(H,18,19). The summed E-state index contributed by atoms with van der Waals surface area (Å²) in [5.74, 6) is -1.06. The molecule has 0 fully saturated rings. The molecule has 2 aromatic carbocycles. The molecule has 0 amide bonds. The van der Waals surface area contributed by atoms with Gasteiger partial charge in [-0.2, -0.15) is 0 Å². The Morgan fingerprint density at radius 3 is 2.26 bits per heavy atom. The van der Waals surface area contributed by atoms with Crippen LogP contribution >= 0.6 is 15.9 Å². The van der Waals surface area contributed by atoms with Gasteiger partial charge in [-0.15, -0.1) is 0 Å². The van der Waals surface area contributed by atoms with E-state index in [1.54, 1.807) is 12.1 Å². The molecule has 0 heterocycles. The molecule has 2 nitrogen and oxygen atoms in total. The number of carboxylic acids is 1. The van der Waals surface area contributed by atoms with Gasteiger partial charge in [-0.25, -0.2) is 13.6 Å². The Hall–Kier alpha value is -1.75. The van der Waals surface area contributed by atoms with Crippen molar-refractivity contribution in [3.63, 3.8) is 0 Å². The van der Waals surface area contributed by atoms with Crippen LogP contribution < -0.4 is 0 Å². The van der Waals surface area contributed by atoms with Crippen molar-refractivity contribution >= 4 is 21.9 Å². The van der Waals surface area contributed by atoms with Crippen LogP contribution in [0.25, 0.3) is 11.1 Å². The van der Waals surface area contributed by atoms with E-state index in [2.05, 4.69) is 15.9 Å². The van der Waals surface area contributed by atoms with Crippen molar-refractivity contribution in [2.45, 2.75) is 6.43 Å². The third-order valence-electron chi connectivity index (χ3n) is 2.69. The molecule has 5 heteroatoms. The molecule has 0 aliphatic heterocycles. The molecule has 0 unspecified atom stereocenters. The largest absolute Gasteiger partial charge is 0.478 e. The van der Waals surface area contributed by atoms with Crippen LogP contribution in [0.2, 0.25) is 0 Å². The van der Waals surface area contributed by atoms with Gasteiger partial charge in [0.05, 0.1) is 5.56 Å². The predicted molar refractivity (Wildman–Crippen MR) is 71.5 cm³/mol. The van der Waals surface area contributed by atoms with Gasteiger partial charge in [0.2, 0.25) is 0 Å². The number of hydrogen-bond acceptors (Lipinski definition) is 1. The van der Waals surface area contributed by atoms with Crippen LogP contribution in [0.15, 0.2) is 46.9 Å². The monoisotopic (exact) mass is 326 g/mol. The minimum absolute atomic E-state index is 0.0874. The first-order valence-corrected chi connectivity index (χ1v) is 6.19. The van der Waals surface area contributed by atoms with Gasteiger partial charge in [0, 0.05) is 10.0 Å². The summed E-state index contributed by atoms with van der Waals surface area (Å²) in [7, 11) is 0. The van der Waals surface area contributed by atoms with Crippen molar-refractivity contribution in [1.29, 1.82) is 0 Å². The van der Waals surface area contributed by atoms with E-state index in [-0.39, 0.29) is 11.1 Å². The third-order valence-corrected chi connectivity index (χ3v) is 3.18. The second-order valence-electron chi connectivity index (χ2n) is 3.92. The normalized spacial score (nSPS) is 10.7. The summed E-state index contributed by atoms with van der Waals surface area (Å²) >= 11 is 3.27. The molecule has 0 radical (unpaired) electrons. The number of carboxylic acid groups (broad SMARTS) is 1. The van der Waals surface area contributed by atoms with Crippen LogP contribution in [0.1, 0.15) is 22.3 Å². The first-order chi connectivity index (χ1) is 8.99. The number of benzene rings is 2. The van der Waals surface area contributed by atoms with Gasteiger partial charge in [0.25, 0.3) is 6.43 Å². The molecule has 0 aromatic heterocycles. The number of rotatable bonds is 3. The number of alkyl halides is 2. The van der Waals surface area contributed by atoms with Crippen LogP contribution in [-0.4, -0.2) is 11.1 Å². The zero-order chi connectivity index (χ0) is 14.0. The maximum Gasteiger partial charge on any atom is 0.336 e. The van der Waals surface area contributed by atoms with Crippen molar-refractivity contribution in [2.75, 3.05) is 0 Å². The SMILES string of the molecule is O=C(O)c1ccc(Br)cc1-c1ccc(C(F)F)cc1. The second-order valence-corrected chi connectivity index (χ2v) is 4.83. The highest BCUT2D eigenvalue weighted by Gasteiger charge is 2.13. The van der Waals surface area contributed by atoms with Crippen LogP contribution in [-0.2, 0) is 0 Å². The summed E-state index contributed by atoms with van der Waals surface area (Å²) in [6, 6.07) is 10.3. The Balaban J connectivity index is 2.51. The summed E-state index contributed by atoms with van der Waals surface area (Å²) in [6.45, 7) is 0. The van der Waals surface area contributed by atoms with Gasteiger partial charge in [0.1, 0.15) is 0 Å². The highest BCUT2D eigenvalue weighted by atomic mass is 79.9. The van der Waals surface area contributed by atoms with E-state index >= 15 is 0 Å². The molecule has 0 atom stereocenters. The highest BCUT2D eigenvalue weighted by Crippen LogP contribution is 2.29. The van der Waals surface area contributed by atoms with Gasteiger partial charge in [0.15, 0.2) is 0 Å². The molecule has 1 N–H and O–H groups in total. The quantitative estimate of drug-likeness (QED) is 0.883. The van der Waals surface area contributed by atoms with E-state index in [0.717, 1.165) is 4.47 Å². The molecule has 0 aliphatic rings. The van der Waals surface area contributed by atoms with Crippen molar-refractivity contribution < 1.29 is 18.7 Å². The Labute approximate surface area is 116 Å². The predicted octanol–water partition coefficient (Wildman–Crippen LogP) is 4.75. The first-order valence-electron chi connectivity index (χ1n) is 5.40. The maximum atomic E-state index is 12.5. The zero-order valence-electron chi connectivity index (χ0n) is 9.61. The van der Waals surface area contributed by atoms with Crippen LogP contribution in [0.5, 0.6) is 0 Å². The van der Waals surface area contributed by atoms with Crippen LogP contribution in [0, 0.1) is 0 Å². The van der Waals surface area contributed by atoms with Crippen molar-refractivity contribution in [3.8, 4) is 11.1 Å². The minimum atomic E-state index is -2.53. The average Bonchev–Trinajstić information content (AvgIpc) is 2.38. The summed E-state index contributed by atoms with van der Waals surface area (Å²) in [6.07, 6.45) is -2.53. The van der Waals surface area contributed by atoms with Gasteiger partial charge in [-0.05, 0) is 29.3 Å². The van der Waals surface area contributed by atoms with Crippen molar-refractivity contribution in [3.05, 3.63) is 58.1 Å². The minimum Gasteiger partial charge on any atom is -0.478 e. The lowest BCUT2D eigenvalue weighted by Gasteiger charge is -2.08. The van der Waals surface area contributed by atoms with E-state index in [9.17, 15) is 13.6 Å². The van der Waals surface area contributed by atoms with E-state index < -0.39 is 12.4 Å². The second kappa shape index (κ2) is 5.48. The Morgan fingerprint density at radius 1 is 1.11 bits per heavy atom. The van der Waals surface area contributed by atoms with E-state index in [1.807, 2.05) is 0 Å². The molecule has 0 spiro atoms. The number of aromatic carboxylic acids is 1. The third kappa shape index (κ3) is 2.98. The molecule has 19 heavy (non-hydrogen) atoms. The Bertz CT molecular complexity index is 609. The summed E-state index contributed by atoms with van der Waals surface area (Å²) in [5, 5.41) is 9.13. The number of carbonyl (C=O) groups is 1. The molecular weight excluding hydrogens is 318 g/mol. The fourth-order valence-corrected chi connectivity index (χ4v) is 2.11. The van der Waals surface area contributed by atoms with Gasteiger partial charge in [-0.3, -0.25) is 0 Å². The lowest BCUT2D eigenvalue weighted by Crippen LogP contribution is -1.99. The summed E-state index contributed by atoms with van der Waals surface area (Å²) in [5.41, 5.74) is 1.12. The van der Waals surface area contributed by atoms with Gasteiger partial charge < -0.3 is 5.11 Å². The molecular formula is C14H9BrF2O2. The summed E-state index contributed by atoms with van der Waals surface area (Å²) < 4.78 is 25.7. The average molecular weight is 327 g/mol. The van der Waals surface area contributed by atoms with Crippen molar-refractivity contribution in [1.82, 2.24) is 0 Å². The van der Waals surface area contributed by atoms with E-state index in [4.69, 9.17) is 5.11 Å². The lowest BCUT2D eigenvalue weighted by molar-refractivity contribution is 0.0697. The number of halogens is 3. The molecule has 2 rings (SSSR count). The molecule has 98 valence electrons. The lowest BCUT2D eigenvalue weighted by atomic mass is 9.99. The molecule has 0 aliphatic carbocycles. The van der Waals surface area contributed by atoms with Gasteiger partial charge in [-0.1, -0.05) is 40.2 Å². The van der Waals surface area contributed by atoms with Crippen molar-refractivity contribution in [2.24, 2.45) is 0 Å². The summed E-state index contributed by atoms with van der Waals surface area (Å²) in [4.78, 5) is 11.1. The Kier molecular flexibility index (Phi) is 3.95. The molecule has 2 aromatic rings. The molecule has 0 saturated carbocycles. The topological polar surface area (TPSA) is 37.3 Å². The van der Waals surface area contributed by atoms with E-state index in [1.165, 1.54) is 30.3 Å². The molecule has 0 bridgehead atoms. The van der Waals surface area contributed by atoms with E-state index in [0.29, 0.717) is 11.1 Å². The number of hydrogen-bond donors (Lipinski definition) is 1. The Morgan fingerprint density at radius 2 is 1.74 bits per heavy atom. The fourth-order valence-electron chi connectivity index (χ4n) is 1.75. The highest BCUT2D eigenvalue weighted by molar-refractivity contribution is 9.10. The smallest absolute Gasteiger partial charge is 0.336 e. The fraction of sp³-hybridized carbons (Fsp3) is 0.0714. The first kappa shape index (κ1) is 13.7. The zero-order valence-corrected chi connectivity index (χ0v) is 11.2. The maximum absolute atomic E-state index is 12.5. The van der Waals surface area contributed by atoms with Crippen LogP contribution in [0.3, 0.4) is 0 Å². The van der Waals surface area contributed by atoms with Gasteiger partial charge >= 0.3 is 5.97 Å². The molecule has 0 saturated heterocycles. The van der Waals surface area contributed by atoms with Crippen LogP contribution in [0.4, 0.5) is 8.78 Å².